The predicted molar refractivity (Wildman–Crippen MR) is 472 cm³/mol. The van der Waals surface area contributed by atoms with Crippen molar-refractivity contribution in [3.63, 3.8) is 0 Å². The number of thioether (sulfide) groups is 2. The first-order valence-corrected chi connectivity index (χ1v) is 45.0. The third-order valence-corrected chi connectivity index (χ3v) is 23.2. The van der Waals surface area contributed by atoms with Gasteiger partial charge in [0.1, 0.15) is 54.9 Å². The van der Waals surface area contributed by atoms with Crippen molar-refractivity contribution in [1.82, 2.24) is 57.7 Å². The third kappa shape index (κ3) is 37.5. The van der Waals surface area contributed by atoms with Crippen LogP contribution in [0.1, 0.15) is 202 Å². The first-order chi connectivity index (χ1) is 57.4. The number of unbranched alkanes of at least 4 members (excludes halogenated alkanes) is 15. The van der Waals surface area contributed by atoms with Crippen LogP contribution in [0.3, 0.4) is 0 Å². The van der Waals surface area contributed by atoms with Gasteiger partial charge in [0, 0.05) is 87.2 Å². The minimum Gasteiger partial charge on any atom is -0.370 e. The molecule has 4 aromatic rings. The monoisotopic (exact) mass is 1700 g/mol. The Morgan fingerprint density at radius 1 is 0.538 bits per heavy atom. The van der Waals surface area contributed by atoms with Crippen LogP contribution in [0.15, 0.2) is 125 Å². The molecule has 0 unspecified atom stereocenters. The fourth-order valence-electron chi connectivity index (χ4n) is 14.4. The Hall–Kier alpha value is -9.89. The summed E-state index contributed by atoms with van der Waals surface area (Å²) in [5.41, 5.74) is 31.9. The maximum absolute atomic E-state index is 15.7. The molecular formula is C86H128N18O12S3. The van der Waals surface area contributed by atoms with Crippen LogP contribution in [0, 0.1) is 0 Å². The van der Waals surface area contributed by atoms with Gasteiger partial charge in [-0.15, -0.1) is 0 Å². The van der Waals surface area contributed by atoms with Gasteiger partial charge in [0.2, 0.25) is 70.9 Å². The van der Waals surface area contributed by atoms with Crippen LogP contribution >= 0.6 is 36.2 Å². The molecule has 30 nitrogen and oxygen atoms in total. The highest BCUT2D eigenvalue weighted by atomic mass is 32.2. The maximum Gasteiger partial charge on any atom is 0.246 e. The van der Waals surface area contributed by atoms with Gasteiger partial charge in [-0.1, -0.05) is 212 Å². The minimum atomic E-state index is -1.47. The summed E-state index contributed by atoms with van der Waals surface area (Å²) in [4.78, 5) is 182. The van der Waals surface area contributed by atoms with Crippen LogP contribution in [-0.2, 0) is 75.5 Å². The highest BCUT2D eigenvalue weighted by Crippen LogP contribution is 2.32. The Kier molecular flexibility index (Phi) is 45.9. The average Bonchev–Trinajstić information content (AvgIpc) is 1.76. The van der Waals surface area contributed by atoms with Crippen molar-refractivity contribution in [3.05, 3.63) is 143 Å². The van der Waals surface area contributed by atoms with Gasteiger partial charge in [-0.3, -0.25) is 67.5 Å². The number of nitrogens with one attached hydrogen (secondary N) is 9. The van der Waals surface area contributed by atoms with Crippen LogP contribution in [-0.4, -0.2) is 204 Å². The molecule has 0 saturated carbocycles. The third-order valence-electron chi connectivity index (χ3n) is 20.6. The van der Waals surface area contributed by atoms with Crippen molar-refractivity contribution in [2.24, 2.45) is 38.7 Å². The Bertz CT molecular complexity index is 3860. The molecule has 1 fully saturated rings. The number of hydrogen-bond acceptors (Lipinski definition) is 17. The Morgan fingerprint density at radius 2 is 1.03 bits per heavy atom. The van der Waals surface area contributed by atoms with Gasteiger partial charge in [0.05, 0.1) is 6.54 Å². The van der Waals surface area contributed by atoms with E-state index in [1.807, 2.05) is 84.9 Å². The second-order valence-corrected chi connectivity index (χ2v) is 32.8. The molecule has 4 aromatic carbocycles. The largest absolute Gasteiger partial charge is 0.370 e. The number of amides is 12. The lowest BCUT2D eigenvalue weighted by Crippen LogP contribution is -2.61. The number of carbonyl (C=O) groups is 12. The number of fused-ring (bicyclic) bond motifs is 3. The molecule has 6 rings (SSSR count). The second kappa shape index (κ2) is 55.8. The van der Waals surface area contributed by atoms with E-state index in [0.717, 1.165) is 41.7 Å². The topological polar surface area (TPSA) is 474 Å². The number of aliphatic imine (C=N–C) groups is 2. The summed E-state index contributed by atoms with van der Waals surface area (Å²) in [6.07, 6.45) is 18.6. The van der Waals surface area contributed by atoms with Crippen molar-refractivity contribution < 1.29 is 57.5 Å². The lowest BCUT2D eigenvalue weighted by Gasteiger charge is -2.35. The standard InChI is InChI=1S/C86H128N18O12S3/c1-3-4-5-6-7-8-9-10-11-12-13-14-15-27-45-92-73(107)53-103(52-72(87)106)74(108)44-26-19-28-46-93-77(109)69-57-118-55-61-35-29-36-62(50-61)56-119-58-70(96-59(2)105)82(114)102-76(75(63-37-22-17-23-38-63)64-39-24-18-25-40-64)84(116)104-49-32-43-71(104)83(115)98-66(42-31-48-95-86(90)91)79(111)100-68(54-117)81(113)97-65(41-30-47-94-85(88)89)78(110)99-67(80(112)101-69)51-60-33-20-16-21-34-60/h16-18,20-25,29,33-40,50,65-71,75-76,117H,3-15,19,26-28,30-32,41-49,51-58H2,1-2H3,(H2,87,106)(H,92,107)(H,93,109)(H,96,105)(H,97,113)(H,98,115)(H,99,110)(H,100,111)(H,101,112)(H,102,114)(H4,88,89,94)(H4,90,91,95)/t65-,66-,67-,68-,69-,70-,71-,76-/m0/s1. The molecule has 0 spiro atoms. The first-order valence-electron chi connectivity index (χ1n) is 42.0. The maximum atomic E-state index is 15.7. The number of rotatable bonds is 41. The Balaban J connectivity index is 1.26. The number of nitrogens with two attached hydrogens (primary N) is 5. The molecule has 2 aliphatic rings. The zero-order valence-electron chi connectivity index (χ0n) is 69.2. The van der Waals surface area contributed by atoms with Gasteiger partial charge in [-0.05, 0) is 85.6 Å². The summed E-state index contributed by atoms with van der Waals surface area (Å²) in [5, 5.41) is 25.7. The lowest BCUT2D eigenvalue weighted by molar-refractivity contribution is -0.142. The van der Waals surface area contributed by atoms with E-state index in [1.165, 1.54) is 99.6 Å². The highest BCUT2D eigenvalue weighted by molar-refractivity contribution is 7.98. The number of benzene rings is 4. The predicted octanol–water partition coefficient (Wildman–Crippen LogP) is 5.27. The Morgan fingerprint density at radius 3 is 1.56 bits per heavy atom. The zero-order chi connectivity index (χ0) is 86.1. The van der Waals surface area contributed by atoms with Gasteiger partial charge in [-0.2, -0.15) is 36.2 Å². The van der Waals surface area contributed by atoms with Gasteiger partial charge >= 0.3 is 0 Å². The SMILES string of the molecule is CCCCCCCCCCCCCCCCNC(=O)CN(CC(N)=O)C(=O)CCCCCNC(=O)[C@@H]1CSCc2cccc(c2)CSC[C@H](NC(C)=O)C(=O)N[C@@H](C(c2ccccc2)c2ccccc2)C(=O)N2CCC[C@H]2C(=O)N[C@@H](CCCN=C(N)N)C(=O)N[C@@H](CS)C(=O)N[C@@H](CCCN=C(N)N)C(=O)N[C@@H](Cc2ccccc2)C(=O)N1. The normalized spacial score (nSPS) is 19.5. The minimum absolute atomic E-state index is 0.00153. The molecule has 2 heterocycles. The van der Waals surface area contributed by atoms with E-state index in [9.17, 15) is 43.2 Å². The molecule has 19 N–H and O–H groups in total. The fourth-order valence-corrected chi connectivity index (χ4v) is 16.6. The van der Waals surface area contributed by atoms with Gasteiger partial charge in [-0.25, -0.2) is 0 Å². The van der Waals surface area contributed by atoms with E-state index in [-0.39, 0.29) is 113 Å². The number of nitrogens with zero attached hydrogens (tertiary/aromatic N) is 4. The number of thiol groups is 1. The van der Waals surface area contributed by atoms with Crippen molar-refractivity contribution in [2.75, 3.05) is 63.1 Å². The van der Waals surface area contributed by atoms with E-state index in [1.54, 1.807) is 30.3 Å². The number of primary amides is 1. The van der Waals surface area contributed by atoms with Crippen LogP contribution < -0.4 is 76.5 Å². The first kappa shape index (κ1) is 97.9. The number of guanidine groups is 2. The summed E-state index contributed by atoms with van der Waals surface area (Å²) >= 11 is 7.18. The zero-order valence-corrected chi connectivity index (χ0v) is 71.7. The summed E-state index contributed by atoms with van der Waals surface area (Å²) in [6.45, 7) is 3.47. The van der Waals surface area contributed by atoms with Crippen LogP contribution in [0.4, 0.5) is 0 Å². The summed E-state index contributed by atoms with van der Waals surface area (Å²) < 4.78 is 0. The molecule has 0 radical (unpaired) electrons. The van der Waals surface area contributed by atoms with Crippen molar-refractivity contribution in [1.29, 1.82) is 0 Å². The van der Waals surface area contributed by atoms with Crippen LogP contribution in [0.25, 0.3) is 0 Å². The quantitative estimate of drug-likeness (QED) is 0.0116. The highest BCUT2D eigenvalue weighted by Gasteiger charge is 2.44. The van der Waals surface area contributed by atoms with E-state index < -0.39 is 126 Å². The van der Waals surface area contributed by atoms with Crippen LogP contribution in [0.5, 0.6) is 0 Å². The molecule has 0 aliphatic carbocycles. The number of hydrogen-bond donors (Lipinski definition) is 15. The van der Waals surface area contributed by atoms with Gasteiger partial charge in [0.25, 0.3) is 0 Å². The molecule has 33 heteroatoms. The van der Waals surface area contributed by atoms with Crippen molar-refractivity contribution >= 4 is 119 Å². The van der Waals surface area contributed by atoms with E-state index in [4.69, 9.17) is 28.7 Å². The van der Waals surface area contributed by atoms with E-state index in [2.05, 4.69) is 77.4 Å². The van der Waals surface area contributed by atoms with Crippen LogP contribution in [0.2, 0.25) is 0 Å². The molecule has 8 atom stereocenters. The van der Waals surface area contributed by atoms with Crippen molar-refractivity contribution in [2.45, 2.75) is 240 Å². The smallest absolute Gasteiger partial charge is 0.246 e. The molecule has 2 aliphatic heterocycles. The second-order valence-electron chi connectivity index (χ2n) is 30.4. The summed E-state index contributed by atoms with van der Waals surface area (Å²) in [7, 11) is 0. The van der Waals surface area contributed by atoms with E-state index >= 15 is 14.4 Å². The van der Waals surface area contributed by atoms with Gasteiger partial charge in [0.15, 0.2) is 11.9 Å². The molecule has 0 aromatic heterocycles. The van der Waals surface area contributed by atoms with Gasteiger partial charge < -0.3 is 86.3 Å². The number of carbonyl (C=O) groups excluding carboxylic acids is 12. The Labute approximate surface area is 715 Å². The average molecular weight is 1700 g/mol. The molecule has 12 amide bonds. The lowest BCUT2D eigenvalue weighted by atomic mass is 9.84. The summed E-state index contributed by atoms with van der Waals surface area (Å²) in [6, 6.07) is 24.1. The fraction of sp³-hybridized carbons (Fsp3) is 0.558. The molecule has 2 bridgehead atoms. The molecule has 119 heavy (non-hydrogen) atoms. The molecule has 652 valence electrons. The molecular weight excluding hydrogens is 1570 g/mol. The summed E-state index contributed by atoms with van der Waals surface area (Å²) in [5.74, 6) is -8.78. The van der Waals surface area contributed by atoms with Crippen molar-refractivity contribution in [3.8, 4) is 0 Å². The van der Waals surface area contributed by atoms with E-state index in [0.29, 0.717) is 60.4 Å². The molecule has 1 saturated heterocycles.